The highest BCUT2D eigenvalue weighted by Crippen LogP contribution is 2.27. The average molecular weight is 256 g/mol. The SMILES string of the molecule is O=C1C=CC=C(OS(=O)(=O)C(F)(F)F)C1=O. The molecule has 5 nitrogen and oxygen atoms in total. The maximum absolute atomic E-state index is 11.9. The van der Waals surface area contributed by atoms with E-state index in [0.717, 1.165) is 12.2 Å². The van der Waals surface area contributed by atoms with Gasteiger partial charge in [-0.25, -0.2) is 0 Å². The molecule has 0 N–H and O–H groups in total. The quantitative estimate of drug-likeness (QED) is 0.310. The molecule has 0 atom stereocenters. The molecule has 0 aromatic rings. The Hall–Kier alpha value is -1.64. The fourth-order valence-corrected chi connectivity index (χ4v) is 1.19. The van der Waals surface area contributed by atoms with Crippen LogP contribution >= 0.6 is 0 Å². The fourth-order valence-electron chi connectivity index (χ4n) is 0.727. The third-order valence-corrected chi connectivity index (χ3v) is 2.39. The third-order valence-electron chi connectivity index (χ3n) is 1.43. The fraction of sp³-hybridized carbons (Fsp3) is 0.143. The third kappa shape index (κ3) is 2.30. The number of halogens is 3. The zero-order valence-electron chi connectivity index (χ0n) is 7.32. The summed E-state index contributed by atoms with van der Waals surface area (Å²) in [5.74, 6) is -3.78. The minimum absolute atomic E-state index is 0.660. The van der Waals surface area contributed by atoms with Gasteiger partial charge in [0.25, 0.3) is 5.78 Å². The molecule has 1 aliphatic rings. The molecule has 1 rings (SSSR count). The molecule has 0 heterocycles. The molecular weight excluding hydrogens is 253 g/mol. The second-order valence-electron chi connectivity index (χ2n) is 2.57. The average Bonchev–Trinajstić information content (AvgIpc) is 2.11. The molecule has 16 heavy (non-hydrogen) atoms. The second kappa shape index (κ2) is 3.74. The predicted octanol–water partition coefficient (Wildman–Crippen LogP) is 0.445. The van der Waals surface area contributed by atoms with Crippen LogP contribution in [0.1, 0.15) is 0 Å². The molecule has 0 aromatic heterocycles. The van der Waals surface area contributed by atoms with Crippen molar-refractivity contribution >= 4 is 21.7 Å². The van der Waals surface area contributed by atoms with E-state index in [1.807, 2.05) is 0 Å². The van der Waals surface area contributed by atoms with E-state index < -0.39 is 33.0 Å². The van der Waals surface area contributed by atoms with Crippen LogP contribution in [0, 0.1) is 0 Å². The molecule has 0 radical (unpaired) electrons. The zero-order chi connectivity index (χ0) is 12.6. The van der Waals surface area contributed by atoms with Gasteiger partial charge in [0.1, 0.15) is 0 Å². The highest BCUT2D eigenvalue weighted by Gasteiger charge is 2.49. The minimum Gasteiger partial charge on any atom is -0.372 e. The Kier molecular flexibility index (Phi) is 2.91. The summed E-state index contributed by atoms with van der Waals surface area (Å²) in [6.45, 7) is 0. The number of rotatable bonds is 2. The highest BCUT2D eigenvalue weighted by atomic mass is 32.2. The lowest BCUT2D eigenvalue weighted by molar-refractivity contribution is -0.133. The molecule has 0 aliphatic heterocycles. The number of carbonyl (C=O) groups is 2. The van der Waals surface area contributed by atoms with E-state index in [1.165, 1.54) is 0 Å². The number of hydrogen-bond acceptors (Lipinski definition) is 5. The summed E-state index contributed by atoms with van der Waals surface area (Å²) in [4.78, 5) is 21.6. The summed E-state index contributed by atoms with van der Waals surface area (Å²) in [7, 11) is -5.93. The Morgan fingerprint density at radius 1 is 1.19 bits per heavy atom. The molecule has 0 fully saturated rings. The van der Waals surface area contributed by atoms with Gasteiger partial charge in [0.2, 0.25) is 5.78 Å². The Bertz CT molecular complexity index is 497. The normalized spacial score (nSPS) is 17.3. The molecule has 88 valence electrons. The second-order valence-corrected chi connectivity index (χ2v) is 4.10. The van der Waals surface area contributed by atoms with Crippen LogP contribution < -0.4 is 0 Å². The van der Waals surface area contributed by atoms with Crippen LogP contribution in [0.15, 0.2) is 24.0 Å². The molecule has 0 saturated heterocycles. The van der Waals surface area contributed by atoms with Crippen molar-refractivity contribution in [2.45, 2.75) is 5.51 Å². The first-order chi connectivity index (χ1) is 7.15. The van der Waals surface area contributed by atoms with Crippen molar-refractivity contribution in [2.75, 3.05) is 0 Å². The smallest absolute Gasteiger partial charge is 0.372 e. The summed E-state index contributed by atoms with van der Waals surface area (Å²) in [5.41, 5.74) is -5.65. The van der Waals surface area contributed by atoms with E-state index >= 15 is 0 Å². The molecule has 0 unspecified atom stereocenters. The summed E-state index contributed by atoms with van der Waals surface area (Å²) >= 11 is 0. The topological polar surface area (TPSA) is 77.5 Å². The van der Waals surface area contributed by atoms with Crippen molar-refractivity contribution in [3.05, 3.63) is 24.0 Å². The summed E-state index contributed by atoms with van der Waals surface area (Å²) in [6.07, 6.45) is 2.34. The summed E-state index contributed by atoms with van der Waals surface area (Å²) in [6, 6.07) is 0. The van der Waals surface area contributed by atoms with E-state index in [4.69, 9.17) is 0 Å². The van der Waals surface area contributed by atoms with Crippen molar-refractivity contribution in [1.82, 2.24) is 0 Å². The minimum atomic E-state index is -5.93. The lowest BCUT2D eigenvalue weighted by atomic mass is 10.1. The Morgan fingerprint density at radius 2 is 1.75 bits per heavy atom. The summed E-state index contributed by atoms with van der Waals surface area (Å²) in [5, 5.41) is 0. The monoisotopic (exact) mass is 256 g/mol. The van der Waals surface area contributed by atoms with Crippen molar-refractivity contribution in [3.63, 3.8) is 0 Å². The van der Waals surface area contributed by atoms with E-state index in [1.54, 1.807) is 0 Å². The number of Topliss-reactive ketones (excluding diaryl/α,β-unsaturated/α-hetero) is 1. The molecule has 0 spiro atoms. The molecule has 0 saturated carbocycles. The van der Waals surface area contributed by atoms with Gasteiger partial charge in [-0.1, -0.05) is 6.08 Å². The van der Waals surface area contributed by atoms with Crippen LogP contribution in [0.2, 0.25) is 0 Å². The molecule has 0 amide bonds. The van der Waals surface area contributed by atoms with Gasteiger partial charge in [-0.2, -0.15) is 21.6 Å². The van der Waals surface area contributed by atoms with Crippen molar-refractivity contribution in [3.8, 4) is 0 Å². The van der Waals surface area contributed by atoms with Gasteiger partial charge in [-0.15, -0.1) is 0 Å². The zero-order valence-corrected chi connectivity index (χ0v) is 8.13. The van der Waals surface area contributed by atoms with Gasteiger partial charge < -0.3 is 4.18 Å². The van der Waals surface area contributed by atoms with Gasteiger partial charge in [0, 0.05) is 0 Å². The van der Waals surface area contributed by atoms with Crippen molar-refractivity contribution < 1.29 is 35.4 Å². The first kappa shape index (κ1) is 12.4. The van der Waals surface area contributed by atoms with Crippen molar-refractivity contribution in [1.29, 1.82) is 0 Å². The number of ketones is 2. The first-order valence-electron chi connectivity index (χ1n) is 3.63. The van der Waals surface area contributed by atoms with Crippen LogP contribution in [-0.2, 0) is 23.9 Å². The Morgan fingerprint density at radius 3 is 2.25 bits per heavy atom. The number of allylic oxidation sites excluding steroid dienone is 4. The first-order valence-corrected chi connectivity index (χ1v) is 5.04. The predicted molar refractivity (Wildman–Crippen MR) is 43.3 cm³/mol. The summed E-state index contributed by atoms with van der Waals surface area (Å²) < 4.78 is 60.1. The molecule has 9 heteroatoms. The number of alkyl halides is 3. The largest absolute Gasteiger partial charge is 0.534 e. The highest BCUT2D eigenvalue weighted by molar-refractivity contribution is 7.87. The van der Waals surface area contributed by atoms with Crippen LogP contribution in [0.25, 0.3) is 0 Å². The van der Waals surface area contributed by atoms with E-state index in [2.05, 4.69) is 4.18 Å². The van der Waals surface area contributed by atoms with Crippen LogP contribution in [0.3, 0.4) is 0 Å². The van der Waals surface area contributed by atoms with Gasteiger partial charge in [-0.3, -0.25) is 9.59 Å². The van der Waals surface area contributed by atoms with Crippen LogP contribution in [0.4, 0.5) is 13.2 Å². The standard InChI is InChI=1S/C7H3F3O5S/c8-7(9,10)16(13,14)15-5-3-1-2-4(11)6(5)12/h1-3H. The van der Waals surface area contributed by atoms with Gasteiger partial charge in [0.05, 0.1) is 0 Å². The molecule has 1 aliphatic carbocycles. The van der Waals surface area contributed by atoms with E-state index in [-0.39, 0.29) is 0 Å². The lowest BCUT2D eigenvalue weighted by Gasteiger charge is -2.11. The molecule has 0 aromatic carbocycles. The number of carbonyl (C=O) groups excluding carboxylic acids is 2. The molecular formula is C7H3F3O5S. The van der Waals surface area contributed by atoms with Crippen LogP contribution in [0.5, 0.6) is 0 Å². The Labute approximate surface area is 87.3 Å². The maximum atomic E-state index is 11.9. The maximum Gasteiger partial charge on any atom is 0.534 e. The van der Waals surface area contributed by atoms with Crippen molar-refractivity contribution in [2.24, 2.45) is 0 Å². The number of hydrogen-bond donors (Lipinski definition) is 0. The Balaban J connectivity index is 3.01. The lowest BCUT2D eigenvalue weighted by Crippen LogP contribution is -2.29. The van der Waals surface area contributed by atoms with Gasteiger partial charge in [-0.05, 0) is 12.2 Å². The molecule has 0 bridgehead atoms. The van der Waals surface area contributed by atoms with Crippen LogP contribution in [-0.4, -0.2) is 25.5 Å². The van der Waals surface area contributed by atoms with Gasteiger partial charge >= 0.3 is 15.6 Å². The van der Waals surface area contributed by atoms with E-state index in [0.29, 0.717) is 6.08 Å². The van der Waals surface area contributed by atoms with Gasteiger partial charge in [0.15, 0.2) is 5.76 Å². The van der Waals surface area contributed by atoms with E-state index in [9.17, 15) is 31.2 Å².